The normalized spacial score (nSPS) is 24.5. The van der Waals surface area contributed by atoms with Crippen LogP contribution >= 0.6 is 0 Å². The van der Waals surface area contributed by atoms with Crippen molar-refractivity contribution in [3.8, 4) is 0 Å². The van der Waals surface area contributed by atoms with E-state index in [1.165, 1.54) is 6.42 Å². The maximum Gasteiger partial charge on any atom is 0.326 e. The third kappa shape index (κ3) is 5.46. The highest BCUT2D eigenvalue weighted by molar-refractivity contribution is 5.82. The van der Waals surface area contributed by atoms with Gasteiger partial charge in [0.05, 0.1) is 0 Å². The van der Waals surface area contributed by atoms with E-state index in [2.05, 4.69) is 17.6 Å². The molecule has 6 nitrogen and oxygen atoms in total. The minimum Gasteiger partial charge on any atom is -0.480 e. The topological polar surface area (TPSA) is 98.7 Å². The van der Waals surface area contributed by atoms with Gasteiger partial charge in [0.25, 0.3) is 0 Å². The molecule has 3 atom stereocenters. The summed E-state index contributed by atoms with van der Waals surface area (Å²) in [5.74, 6) is -0.481. The van der Waals surface area contributed by atoms with E-state index < -0.39 is 18.0 Å². The van der Waals surface area contributed by atoms with Crippen LogP contribution in [0, 0.1) is 5.92 Å². The lowest BCUT2D eigenvalue weighted by atomic mass is 9.84. The Morgan fingerprint density at radius 1 is 1.37 bits per heavy atom. The fraction of sp³-hybridized carbons (Fsp3) is 0.846. The van der Waals surface area contributed by atoms with Gasteiger partial charge in [0.15, 0.2) is 0 Å². The molecular weight excluding hydrogens is 248 g/mol. The van der Waals surface area contributed by atoms with Crippen LogP contribution in [0.5, 0.6) is 0 Å². The largest absolute Gasteiger partial charge is 0.480 e. The van der Waals surface area contributed by atoms with E-state index in [-0.39, 0.29) is 19.1 Å². The van der Waals surface area contributed by atoms with Crippen LogP contribution in [0.15, 0.2) is 0 Å². The highest BCUT2D eigenvalue weighted by atomic mass is 16.4. The van der Waals surface area contributed by atoms with Gasteiger partial charge in [0.2, 0.25) is 0 Å². The number of carboxylic acid groups (broad SMARTS) is 1. The zero-order chi connectivity index (χ0) is 14.3. The van der Waals surface area contributed by atoms with Gasteiger partial charge >= 0.3 is 12.0 Å². The number of aliphatic hydroxyl groups is 1. The Bertz CT molecular complexity index is 309. The van der Waals surface area contributed by atoms with E-state index in [1.54, 1.807) is 0 Å². The zero-order valence-corrected chi connectivity index (χ0v) is 11.4. The van der Waals surface area contributed by atoms with Gasteiger partial charge in [-0.05, 0) is 18.8 Å². The Kier molecular flexibility index (Phi) is 6.62. The van der Waals surface area contributed by atoms with Crippen LogP contribution in [0.2, 0.25) is 0 Å². The van der Waals surface area contributed by atoms with E-state index in [9.17, 15) is 9.59 Å². The van der Waals surface area contributed by atoms with Crippen LogP contribution in [0.4, 0.5) is 4.79 Å². The number of carbonyl (C=O) groups excluding carboxylic acids is 1. The molecule has 0 aromatic carbocycles. The molecule has 2 unspecified atom stereocenters. The Hall–Kier alpha value is -1.30. The van der Waals surface area contributed by atoms with Gasteiger partial charge in [-0.1, -0.05) is 26.2 Å². The number of rotatable bonds is 6. The van der Waals surface area contributed by atoms with Crippen LogP contribution in [-0.4, -0.2) is 40.9 Å². The molecule has 0 heterocycles. The number of carbonyl (C=O) groups is 2. The zero-order valence-electron chi connectivity index (χ0n) is 11.4. The molecule has 0 saturated heterocycles. The highest BCUT2D eigenvalue weighted by Crippen LogP contribution is 2.26. The fourth-order valence-corrected chi connectivity index (χ4v) is 2.56. The van der Waals surface area contributed by atoms with E-state index >= 15 is 0 Å². The van der Waals surface area contributed by atoms with Crippen LogP contribution in [0.25, 0.3) is 0 Å². The number of amides is 2. The number of aliphatic hydroxyl groups excluding tert-OH is 1. The third-order valence-electron chi connectivity index (χ3n) is 3.72. The Morgan fingerprint density at radius 2 is 2.11 bits per heavy atom. The summed E-state index contributed by atoms with van der Waals surface area (Å²) in [4.78, 5) is 22.6. The predicted molar refractivity (Wildman–Crippen MR) is 70.8 cm³/mol. The van der Waals surface area contributed by atoms with Crippen molar-refractivity contribution in [2.45, 2.75) is 57.5 Å². The lowest BCUT2D eigenvalue weighted by molar-refractivity contribution is -0.139. The van der Waals surface area contributed by atoms with Crippen molar-refractivity contribution in [2.24, 2.45) is 5.92 Å². The lowest BCUT2D eigenvalue weighted by Gasteiger charge is -2.29. The molecule has 6 heteroatoms. The minimum atomic E-state index is -1.13. The van der Waals surface area contributed by atoms with Crippen LogP contribution in [0.3, 0.4) is 0 Å². The van der Waals surface area contributed by atoms with Gasteiger partial charge in [-0.2, -0.15) is 0 Å². The van der Waals surface area contributed by atoms with Crippen molar-refractivity contribution in [1.82, 2.24) is 10.6 Å². The Labute approximate surface area is 113 Å². The van der Waals surface area contributed by atoms with Gasteiger partial charge in [0.1, 0.15) is 6.04 Å². The molecule has 1 saturated carbocycles. The summed E-state index contributed by atoms with van der Waals surface area (Å²) < 4.78 is 0. The second kappa shape index (κ2) is 7.99. The van der Waals surface area contributed by atoms with Crippen LogP contribution in [0.1, 0.15) is 45.4 Å². The van der Waals surface area contributed by atoms with E-state index in [1.807, 2.05) is 0 Å². The van der Waals surface area contributed by atoms with E-state index in [4.69, 9.17) is 10.2 Å². The predicted octanol–water partition coefficient (Wildman–Crippen LogP) is 1.09. The third-order valence-corrected chi connectivity index (χ3v) is 3.72. The molecule has 1 fully saturated rings. The van der Waals surface area contributed by atoms with Crippen molar-refractivity contribution in [1.29, 1.82) is 0 Å². The number of carboxylic acids is 1. The number of nitrogens with one attached hydrogen (secondary N) is 2. The average molecular weight is 272 g/mol. The van der Waals surface area contributed by atoms with Gasteiger partial charge in [-0.15, -0.1) is 0 Å². The number of aliphatic carboxylic acids is 1. The second-order valence-corrected chi connectivity index (χ2v) is 5.16. The minimum absolute atomic E-state index is 0.0189. The molecule has 2 amide bonds. The fourth-order valence-electron chi connectivity index (χ4n) is 2.56. The summed E-state index contributed by atoms with van der Waals surface area (Å²) in [5.41, 5.74) is 0. The maximum absolute atomic E-state index is 11.7. The van der Waals surface area contributed by atoms with Crippen molar-refractivity contribution in [3.05, 3.63) is 0 Å². The standard InChI is InChI=1S/C13H24N2O4/c1-2-9-4-3-5-10(8-9)14-13(19)15-11(6-7-16)12(17)18/h9-11,16H,2-8H2,1H3,(H,17,18)(H2,14,15,19)/t9?,10?,11-/m0/s1. The average Bonchev–Trinajstić information content (AvgIpc) is 2.38. The second-order valence-electron chi connectivity index (χ2n) is 5.16. The van der Waals surface area contributed by atoms with Crippen LogP contribution in [-0.2, 0) is 4.79 Å². The van der Waals surface area contributed by atoms with E-state index in [0.717, 1.165) is 25.7 Å². The molecule has 0 bridgehead atoms. The molecule has 0 aliphatic heterocycles. The summed E-state index contributed by atoms with van der Waals surface area (Å²) >= 11 is 0. The van der Waals surface area contributed by atoms with Gasteiger partial charge in [-0.3, -0.25) is 0 Å². The van der Waals surface area contributed by atoms with Gasteiger partial charge in [0, 0.05) is 19.1 Å². The number of urea groups is 1. The van der Waals surface area contributed by atoms with Crippen molar-refractivity contribution < 1.29 is 19.8 Å². The first-order valence-corrected chi connectivity index (χ1v) is 6.97. The van der Waals surface area contributed by atoms with Crippen molar-refractivity contribution in [2.75, 3.05) is 6.61 Å². The summed E-state index contributed by atoms with van der Waals surface area (Å²) in [7, 11) is 0. The highest BCUT2D eigenvalue weighted by Gasteiger charge is 2.24. The monoisotopic (exact) mass is 272 g/mol. The molecule has 0 spiro atoms. The summed E-state index contributed by atoms with van der Waals surface area (Å²) in [6, 6.07) is -1.36. The lowest BCUT2D eigenvalue weighted by Crippen LogP contribution is -2.50. The molecule has 0 aromatic heterocycles. The first-order chi connectivity index (χ1) is 9.06. The molecule has 19 heavy (non-hydrogen) atoms. The number of hydrogen-bond acceptors (Lipinski definition) is 3. The Morgan fingerprint density at radius 3 is 2.68 bits per heavy atom. The molecular formula is C13H24N2O4. The molecule has 1 aliphatic carbocycles. The summed E-state index contributed by atoms with van der Waals surface area (Å²) in [6.07, 6.45) is 5.34. The molecule has 1 rings (SSSR count). The molecule has 1 aliphatic rings. The van der Waals surface area contributed by atoms with Crippen LogP contribution < -0.4 is 10.6 Å². The SMILES string of the molecule is CCC1CCCC(NC(=O)N[C@@H](CCO)C(=O)O)C1. The van der Waals surface area contributed by atoms with Gasteiger partial charge < -0.3 is 20.8 Å². The first-order valence-electron chi connectivity index (χ1n) is 6.97. The van der Waals surface area contributed by atoms with Crippen molar-refractivity contribution in [3.63, 3.8) is 0 Å². The number of hydrogen-bond donors (Lipinski definition) is 4. The first kappa shape index (κ1) is 15.8. The Balaban J connectivity index is 2.39. The molecule has 110 valence electrons. The summed E-state index contributed by atoms with van der Waals surface area (Å²) in [6.45, 7) is 1.88. The van der Waals surface area contributed by atoms with Crippen molar-refractivity contribution >= 4 is 12.0 Å². The smallest absolute Gasteiger partial charge is 0.326 e. The quantitative estimate of drug-likeness (QED) is 0.581. The van der Waals surface area contributed by atoms with Gasteiger partial charge in [-0.25, -0.2) is 9.59 Å². The maximum atomic E-state index is 11.7. The molecule has 0 radical (unpaired) electrons. The molecule has 4 N–H and O–H groups in total. The molecule has 0 aromatic rings. The van der Waals surface area contributed by atoms with E-state index in [0.29, 0.717) is 5.92 Å². The summed E-state index contributed by atoms with van der Waals surface area (Å²) in [5, 5.41) is 22.9.